The SMILES string of the molecule is CCOCCN(C)CC(=O)CCC(=O)O. The maximum Gasteiger partial charge on any atom is 0.303 e. The molecule has 0 rings (SSSR count). The Kier molecular flexibility index (Phi) is 7.85. The first kappa shape index (κ1) is 14.1. The van der Waals surface area contributed by atoms with Gasteiger partial charge >= 0.3 is 5.97 Å². The molecule has 0 aliphatic heterocycles. The fourth-order valence-electron chi connectivity index (χ4n) is 1.07. The van der Waals surface area contributed by atoms with Crippen LogP contribution in [-0.2, 0) is 14.3 Å². The van der Waals surface area contributed by atoms with Gasteiger partial charge in [0.05, 0.1) is 19.6 Å². The number of aliphatic carboxylic acids is 1. The van der Waals surface area contributed by atoms with Gasteiger partial charge in [0.2, 0.25) is 0 Å². The lowest BCUT2D eigenvalue weighted by Gasteiger charge is -2.14. The second kappa shape index (κ2) is 8.38. The number of carbonyl (C=O) groups is 2. The number of hydrogen-bond acceptors (Lipinski definition) is 4. The van der Waals surface area contributed by atoms with Crippen molar-refractivity contribution in [3.63, 3.8) is 0 Å². The van der Waals surface area contributed by atoms with Crippen molar-refractivity contribution < 1.29 is 19.4 Å². The molecule has 0 saturated heterocycles. The normalized spacial score (nSPS) is 10.6. The van der Waals surface area contributed by atoms with E-state index in [1.54, 1.807) is 0 Å². The number of Topliss-reactive ketones (excluding diaryl/α,β-unsaturated/α-hetero) is 1. The van der Waals surface area contributed by atoms with Gasteiger partial charge in [-0.1, -0.05) is 0 Å². The Balaban J connectivity index is 3.53. The molecule has 0 saturated carbocycles. The Morgan fingerprint density at radius 2 is 2.00 bits per heavy atom. The van der Waals surface area contributed by atoms with Gasteiger partial charge in [0.15, 0.2) is 0 Å². The lowest BCUT2D eigenvalue weighted by molar-refractivity contribution is -0.138. The van der Waals surface area contributed by atoms with Gasteiger partial charge in [-0.2, -0.15) is 0 Å². The quantitative estimate of drug-likeness (QED) is 0.566. The second-order valence-corrected chi connectivity index (χ2v) is 3.37. The molecule has 15 heavy (non-hydrogen) atoms. The number of rotatable bonds is 9. The fourth-order valence-corrected chi connectivity index (χ4v) is 1.07. The topological polar surface area (TPSA) is 66.8 Å². The number of ketones is 1. The van der Waals surface area contributed by atoms with E-state index in [1.165, 1.54) is 0 Å². The second-order valence-electron chi connectivity index (χ2n) is 3.37. The lowest BCUT2D eigenvalue weighted by atomic mass is 10.2. The third kappa shape index (κ3) is 9.37. The summed E-state index contributed by atoms with van der Waals surface area (Å²) in [6, 6.07) is 0. The molecular formula is C10H19NO4. The Hall–Kier alpha value is -0.940. The molecular weight excluding hydrogens is 198 g/mol. The van der Waals surface area contributed by atoms with Crippen molar-refractivity contribution in [3.05, 3.63) is 0 Å². The van der Waals surface area contributed by atoms with E-state index in [4.69, 9.17) is 9.84 Å². The molecule has 88 valence electrons. The summed E-state index contributed by atoms with van der Waals surface area (Å²) in [7, 11) is 1.82. The monoisotopic (exact) mass is 217 g/mol. The van der Waals surface area contributed by atoms with Crippen LogP contribution in [0.5, 0.6) is 0 Å². The average molecular weight is 217 g/mol. The molecule has 0 unspecified atom stereocenters. The molecule has 0 atom stereocenters. The van der Waals surface area contributed by atoms with Crippen molar-refractivity contribution in [2.75, 3.05) is 33.4 Å². The summed E-state index contributed by atoms with van der Waals surface area (Å²) < 4.78 is 5.14. The molecule has 0 fully saturated rings. The van der Waals surface area contributed by atoms with Crippen molar-refractivity contribution in [1.29, 1.82) is 0 Å². The molecule has 0 spiro atoms. The zero-order valence-corrected chi connectivity index (χ0v) is 9.36. The molecule has 0 aliphatic rings. The predicted molar refractivity (Wildman–Crippen MR) is 55.9 cm³/mol. The third-order valence-corrected chi connectivity index (χ3v) is 1.89. The maximum absolute atomic E-state index is 11.2. The summed E-state index contributed by atoms with van der Waals surface area (Å²) in [5.74, 6) is -0.975. The van der Waals surface area contributed by atoms with Gasteiger partial charge in [0.1, 0.15) is 5.78 Å². The van der Waals surface area contributed by atoms with E-state index in [1.807, 2.05) is 18.9 Å². The summed E-state index contributed by atoms with van der Waals surface area (Å²) in [4.78, 5) is 23.3. The predicted octanol–water partition coefficient (Wildman–Crippen LogP) is 0.389. The van der Waals surface area contributed by atoms with Crippen molar-refractivity contribution in [1.82, 2.24) is 4.90 Å². The smallest absolute Gasteiger partial charge is 0.303 e. The van der Waals surface area contributed by atoms with Crippen molar-refractivity contribution in [3.8, 4) is 0 Å². The molecule has 0 bridgehead atoms. The standard InChI is InChI=1S/C10H19NO4/c1-3-15-7-6-11(2)8-9(12)4-5-10(13)14/h3-8H2,1-2H3,(H,13,14). The van der Waals surface area contributed by atoms with Crippen molar-refractivity contribution in [2.24, 2.45) is 0 Å². The van der Waals surface area contributed by atoms with E-state index in [9.17, 15) is 9.59 Å². The first-order valence-corrected chi connectivity index (χ1v) is 5.06. The zero-order chi connectivity index (χ0) is 11.7. The van der Waals surface area contributed by atoms with E-state index in [2.05, 4.69) is 0 Å². The molecule has 5 nitrogen and oxygen atoms in total. The van der Waals surface area contributed by atoms with E-state index in [-0.39, 0.29) is 18.6 Å². The zero-order valence-electron chi connectivity index (χ0n) is 9.36. The van der Waals surface area contributed by atoms with Crippen LogP contribution in [0.3, 0.4) is 0 Å². The van der Waals surface area contributed by atoms with Gasteiger partial charge in [-0.05, 0) is 14.0 Å². The van der Waals surface area contributed by atoms with Crippen LogP contribution < -0.4 is 0 Å². The Bertz CT molecular complexity index is 206. The van der Waals surface area contributed by atoms with Crippen LogP contribution in [0.1, 0.15) is 19.8 Å². The Morgan fingerprint density at radius 3 is 2.53 bits per heavy atom. The van der Waals surface area contributed by atoms with Crippen LogP contribution in [0.15, 0.2) is 0 Å². The highest BCUT2D eigenvalue weighted by Gasteiger charge is 2.08. The van der Waals surface area contributed by atoms with Gasteiger partial charge in [-0.25, -0.2) is 0 Å². The molecule has 0 aromatic rings. The van der Waals surface area contributed by atoms with Crippen LogP contribution in [0.25, 0.3) is 0 Å². The highest BCUT2D eigenvalue weighted by Crippen LogP contribution is 1.93. The molecule has 0 radical (unpaired) electrons. The highest BCUT2D eigenvalue weighted by atomic mass is 16.5. The van der Waals surface area contributed by atoms with Crippen LogP contribution in [0, 0.1) is 0 Å². The number of carbonyl (C=O) groups excluding carboxylic acids is 1. The van der Waals surface area contributed by atoms with Gasteiger partial charge < -0.3 is 9.84 Å². The molecule has 0 aliphatic carbocycles. The minimum Gasteiger partial charge on any atom is -0.481 e. The largest absolute Gasteiger partial charge is 0.481 e. The van der Waals surface area contributed by atoms with Gasteiger partial charge in [0, 0.05) is 19.6 Å². The van der Waals surface area contributed by atoms with E-state index < -0.39 is 5.97 Å². The highest BCUT2D eigenvalue weighted by molar-refractivity contribution is 5.83. The van der Waals surface area contributed by atoms with Crippen LogP contribution in [-0.4, -0.2) is 55.1 Å². The minimum absolute atomic E-state index is 0.0450. The van der Waals surface area contributed by atoms with E-state index in [0.29, 0.717) is 26.3 Å². The molecule has 0 amide bonds. The van der Waals surface area contributed by atoms with Crippen LogP contribution in [0.2, 0.25) is 0 Å². The Labute approximate surface area is 90.0 Å². The number of hydrogen-bond donors (Lipinski definition) is 1. The number of ether oxygens (including phenoxy) is 1. The van der Waals surface area contributed by atoms with Crippen molar-refractivity contribution >= 4 is 11.8 Å². The minimum atomic E-state index is -0.930. The summed E-state index contributed by atoms with van der Waals surface area (Å²) in [6.45, 7) is 4.16. The van der Waals surface area contributed by atoms with E-state index in [0.717, 1.165) is 0 Å². The number of likely N-dealkylation sites (N-methyl/N-ethyl adjacent to an activating group) is 1. The van der Waals surface area contributed by atoms with Crippen LogP contribution >= 0.6 is 0 Å². The van der Waals surface area contributed by atoms with Gasteiger partial charge in [0.25, 0.3) is 0 Å². The molecule has 5 heteroatoms. The molecule has 0 aromatic carbocycles. The first-order chi connectivity index (χ1) is 7.06. The van der Waals surface area contributed by atoms with Crippen molar-refractivity contribution in [2.45, 2.75) is 19.8 Å². The van der Waals surface area contributed by atoms with Gasteiger partial charge in [-0.3, -0.25) is 14.5 Å². The number of nitrogens with zero attached hydrogens (tertiary/aromatic N) is 1. The molecule has 0 aromatic heterocycles. The number of carboxylic acid groups (broad SMARTS) is 1. The number of carboxylic acids is 1. The summed E-state index contributed by atoms with van der Waals surface area (Å²) in [5, 5.41) is 8.38. The Morgan fingerprint density at radius 1 is 1.33 bits per heavy atom. The lowest BCUT2D eigenvalue weighted by Crippen LogP contribution is -2.29. The average Bonchev–Trinajstić information content (AvgIpc) is 2.15. The maximum atomic E-state index is 11.2. The third-order valence-electron chi connectivity index (χ3n) is 1.89. The van der Waals surface area contributed by atoms with E-state index >= 15 is 0 Å². The van der Waals surface area contributed by atoms with Crippen LogP contribution in [0.4, 0.5) is 0 Å². The summed E-state index contributed by atoms with van der Waals surface area (Å²) in [6.07, 6.45) is 0.0203. The molecule has 1 N–H and O–H groups in total. The summed E-state index contributed by atoms with van der Waals surface area (Å²) >= 11 is 0. The fraction of sp³-hybridized carbons (Fsp3) is 0.800. The van der Waals surface area contributed by atoms with Gasteiger partial charge in [-0.15, -0.1) is 0 Å². The first-order valence-electron chi connectivity index (χ1n) is 5.06. The summed E-state index contributed by atoms with van der Waals surface area (Å²) in [5.41, 5.74) is 0. The molecule has 0 heterocycles.